The van der Waals surface area contributed by atoms with E-state index in [0.717, 1.165) is 11.1 Å². The Morgan fingerprint density at radius 2 is 1.92 bits per heavy atom. The van der Waals surface area contributed by atoms with Crippen LogP contribution in [-0.2, 0) is 0 Å². The number of aromatic nitrogens is 3. The average molecular weight is 370 g/mol. The molecule has 124 valence electrons. The minimum absolute atomic E-state index is 0.214. The van der Waals surface area contributed by atoms with Crippen molar-refractivity contribution in [2.75, 3.05) is 7.11 Å². The van der Waals surface area contributed by atoms with Crippen LogP contribution < -0.4 is 14.8 Å². The largest absolute Gasteiger partial charge is 0.496 e. The first kappa shape index (κ1) is 15.8. The summed E-state index contributed by atoms with van der Waals surface area (Å²) in [5, 5.41) is 4.94. The van der Waals surface area contributed by atoms with Crippen molar-refractivity contribution in [2.24, 2.45) is 0 Å². The topological polar surface area (TPSA) is 56.5 Å². The third-order valence-corrected chi connectivity index (χ3v) is 5.02. The Bertz CT molecular complexity index is 1180. The zero-order chi connectivity index (χ0) is 17.4. The molecule has 7 heteroatoms. The van der Waals surface area contributed by atoms with Crippen LogP contribution in [0.4, 0.5) is 0 Å². The molecule has 0 aliphatic carbocycles. The molecule has 0 N–H and O–H groups in total. The Hall–Kier alpha value is -2.70. The number of thiazole rings is 1. The second-order valence-electron chi connectivity index (χ2n) is 5.27. The number of nitrogens with zero attached hydrogens (tertiary/aromatic N) is 3. The van der Waals surface area contributed by atoms with Crippen molar-refractivity contribution in [3.63, 3.8) is 0 Å². The molecule has 5 nitrogen and oxygen atoms in total. The van der Waals surface area contributed by atoms with Crippen molar-refractivity contribution < 1.29 is 4.74 Å². The number of fused-ring (bicyclic) bond motifs is 1. The lowest BCUT2D eigenvalue weighted by Gasteiger charge is -2.03. The van der Waals surface area contributed by atoms with Crippen LogP contribution in [-0.4, -0.2) is 21.7 Å². The number of para-hydroxylation sites is 1. The fourth-order valence-electron chi connectivity index (χ4n) is 2.51. The van der Waals surface area contributed by atoms with Gasteiger partial charge in [-0.05, 0) is 29.8 Å². The van der Waals surface area contributed by atoms with Gasteiger partial charge in [-0.3, -0.25) is 4.79 Å². The summed E-state index contributed by atoms with van der Waals surface area (Å²) < 4.78 is 7.18. The standard InChI is InChI=1S/C18H12ClN3O2S/c1-24-14-9-5-3-7-12(14)16-20-18-22(21-16)17(23)15(25-18)10-11-6-2-4-8-13(11)19/h2-10H,1H3/b15-10-. The van der Waals surface area contributed by atoms with Crippen LogP contribution in [0.25, 0.3) is 22.4 Å². The third-order valence-electron chi connectivity index (χ3n) is 3.72. The molecule has 0 saturated heterocycles. The van der Waals surface area contributed by atoms with Crippen molar-refractivity contribution >= 4 is 34.0 Å². The van der Waals surface area contributed by atoms with E-state index in [1.54, 1.807) is 19.3 Å². The van der Waals surface area contributed by atoms with E-state index in [-0.39, 0.29) is 5.56 Å². The molecule has 25 heavy (non-hydrogen) atoms. The maximum Gasteiger partial charge on any atom is 0.291 e. The minimum Gasteiger partial charge on any atom is -0.496 e. The Labute approximate surface area is 151 Å². The van der Waals surface area contributed by atoms with Crippen LogP contribution in [0.1, 0.15) is 5.56 Å². The highest BCUT2D eigenvalue weighted by atomic mass is 35.5. The van der Waals surface area contributed by atoms with Crippen LogP contribution >= 0.6 is 22.9 Å². The first-order valence-electron chi connectivity index (χ1n) is 7.46. The van der Waals surface area contributed by atoms with Gasteiger partial charge in [-0.15, -0.1) is 5.10 Å². The summed E-state index contributed by atoms with van der Waals surface area (Å²) in [4.78, 5) is 17.6. The quantitative estimate of drug-likeness (QED) is 0.557. The van der Waals surface area contributed by atoms with E-state index in [2.05, 4.69) is 10.1 Å². The summed E-state index contributed by atoms with van der Waals surface area (Å²) >= 11 is 7.44. The summed E-state index contributed by atoms with van der Waals surface area (Å²) in [5.74, 6) is 1.13. The summed E-state index contributed by atoms with van der Waals surface area (Å²) in [5.41, 5.74) is 1.32. The molecule has 4 aromatic rings. The molecule has 0 saturated carbocycles. The second-order valence-corrected chi connectivity index (χ2v) is 6.68. The molecule has 2 aromatic heterocycles. The molecule has 0 aliphatic heterocycles. The monoisotopic (exact) mass is 369 g/mol. The van der Waals surface area contributed by atoms with Gasteiger partial charge < -0.3 is 4.74 Å². The lowest BCUT2D eigenvalue weighted by molar-refractivity contribution is 0.416. The fourth-order valence-corrected chi connectivity index (χ4v) is 3.60. The van der Waals surface area contributed by atoms with Gasteiger partial charge in [0.05, 0.1) is 17.2 Å². The predicted octanol–water partition coefficient (Wildman–Crippen LogP) is 3.03. The molecule has 4 rings (SSSR count). The minimum atomic E-state index is -0.214. The van der Waals surface area contributed by atoms with Crippen molar-refractivity contribution in [1.82, 2.24) is 14.6 Å². The molecule has 0 unspecified atom stereocenters. The highest BCUT2D eigenvalue weighted by molar-refractivity contribution is 7.15. The molecule has 2 aromatic carbocycles. The van der Waals surface area contributed by atoms with Crippen LogP contribution in [0.5, 0.6) is 5.75 Å². The van der Waals surface area contributed by atoms with E-state index in [9.17, 15) is 4.79 Å². The van der Waals surface area contributed by atoms with Crippen molar-refractivity contribution in [1.29, 1.82) is 0 Å². The van der Waals surface area contributed by atoms with Gasteiger partial charge in [0.1, 0.15) is 5.75 Å². The highest BCUT2D eigenvalue weighted by Gasteiger charge is 2.14. The normalized spacial score (nSPS) is 12.0. The SMILES string of the molecule is COc1ccccc1-c1nc2s/c(=C\c3ccccc3Cl)c(=O)n2n1. The molecule has 0 spiro atoms. The third kappa shape index (κ3) is 2.79. The van der Waals surface area contributed by atoms with E-state index >= 15 is 0 Å². The summed E-state index contributed by atoms with van der Waals surface area (Å²) in [6.45, 7) is 0. The predicted molar refractivity (Wildman–Crippen MR) is 99.4 cm³/mol. The van der Waals surface area contributed by atoms with Gasteiger partial charge in [0.2, 0.25) is 4.96 Å². The maximum absolute atomic E-state index is 12.6. The molecular formula is C18H12ClN3O2S. The number of benzene rings is 2. The fraction of sp³-hybridized carbons (Fsp3) is 0.0556. The molecular weight excluding hydrogens is 358 g/mol. The van der Waals surface area contributed by atoms with Gasteiger partial charge in [0.15, 0.2) is 5.82 Å². The first-order chi connectivity index (χ1) is 12.2. The number of halogens is 1. The van der Waals surface area contributed by atoms with Crippen molar-refractivity contribution in [2.45, 2.75) is 0 Å². The van der Waals surface area contributed by atoms with Crippen molar-refractivity contribution in [3.8, 4) is 17.1 Å². The summed E-state index contributed by atoms with van der Waals surface area (Å²) in [6.07, 6.45) is 1.76. The lowest BCUT2D eigenvalue weighted by Crippen LogP contribution is -2.23. The number of hydrogen-bond acceptors (Lipinski definition) is 5. The molecule has 0 atom stereocenters. The van der Waals surface area contributed by atoms with Crippen LogP contribution in [0, 0.1) is 0 Å². The highest BCUT2D eigenvalue weighted by Crippen LogP contribution is 2.27. The van der Waals surface area contributed by atoms with Gasteiger partial charge in [0, 0.05) is 5.02 Å². The van der Waals surface area contributed by atoms with E-state index in [1.807, 2.05) is 42.5 Å². The maximum atomic E-state index is 12.6. The summed E-state index contributed by atoms with van der Waals surface area (Å²) in [7, 11) is 1.59. The molecule has 0 radical (unpaired) electrons. The Balaban J connectivity index is 1.86. The molecule has 0 aliphatic rings. The molecule has 0 bridgehead atoms. The Morgan fingerprint density at radius 3 is 2.68 bits per heavy atom. The van der Waals surface area contributed by atoms with Crippen molar-refractivity contribution in [3.05, 3.63) is 74.0 Å². The Morgan fingerprint density at radius 1 is 1.16 bits per heavy atom. The van der Waals surface area contributed by atoms with Crippen LogP contribution in [0.3, 0.4) is 0 Å². The molecule has 2 heterocycles. The number of ether oxygens (including phenoxy) is 1. The van der Waals surface area contributed by atoms with Gasteiger partial charge in [-0.2, -0.15) is 9.50 Å². The first-order valence-corrected chi connectivity index (χ1v) is 8.66. The van der Waals surface area contributed by atoms with Gasteiger partial charge in [0.25, 0.3) is 5.56 Å². The van der Waals surface area contributed by atoms with E-state index < -0.39 is 0 Å². The number of hydrogen-bond donors (Lipinski definition) is 0. The number of methoxy groups -OCH3 is 1. The lowest BCUT2D eigenvalue weighted by atomic mass is 10.2. The van der Waals surface area contributed by atoms with Crippen LogP contribution in [0.2, 0.25) is 5.02 Å². The van der Waals surface area contributed by atoms with Gasteiger partial charge in [-0.25, -0.2) is 0 Å². The average Bonchev–Trinajstić information content (AvgIpc) is 3.17. The zero-order valence-corrected chi connectivity index (χ0v) is 14.7. The Kier molecular flexibility index (Phi) is 3.99. The molecule has 0 amide bonds. The molecule has 0 fully saturated rings. The van der Waals surface area contributed by atoms with Gasteiger partial charge in [-0.1, -0.05) is 53.3 Å². The van der Waals surface area contributed by atoms with E-state index in [1.165, 1.54) is 15.9 Å². The van der Waals surface area contributed by atoms with E-state index in [0.29, 0.717) is 26.1 Å². The van der Waals surface area contributed by atoms with E-state index in [4.69, 9.17) is 16.3 Å². The second kappa shape index (κ2) is 6.31. The van der Waals surface area contributed by atoms with Crippen LogP contribution in [0.15, 0.2) is 53.3 Å². The smallest absolute Gasteiger partial charge is 0.291 e. The zero-order valence-electron chi connectivity index (χ0n) is 13.1. The summed E-state index contributed by atoms with van der Waals surface area (Å²) in [6, 6.07) is 14.8. The number of rotatable bonds is 3. The van der Waals surface area contributed by atoms with Gasteiger partial charge >= 0.3 is 0 Å².